The van der Waals surface area contributed by atoms with E-state index in [1.807, 2.05) is 25.1 Å². The Hall–Kier alpha value is -3.30. The minimum absolute atomic E-state index is 0.0533. The molecule has 9 nitrogen and oxygen atoms in total. The average Bonchev–Trinajstić information content (AvgIpc) is 3.20. The third kappa shape index (κ3) is 4.49. The largest absolute Gasteiger partial charge is 0.353 e. The second kappa shape index (κ2) is 9.99. The highest BCUT2D eigenvalue weighted by atomic mass is 35.5. The molecule has 0 radical (unpaired) electrons. The number of carbonyl (C=O) groups excluding carboxylic acids is 3. The van der Waals surface area contributed by atoms with E-state index in [0.717, 1.165) is 5.82 Å². The van der Waals surface area contributed by atoms with Crippen LogP contribution in [0.1, 0.15) is 18.5 Å². The standard InChI is InChI=1S/C25H26Cl2N6O3/c1-2-33-19-14-32(15-21(34)31-11-9-30(10-12-31)20-5-3-4-8-28-20)24(35)22(19)23(29-25(33)36)17-7-6-16(26)13-18(17)27/h3-8,13,23H,2,9-12,14-15H2,1H3,(H,29,36)/t23-/m1/s1. The number of pyridine rings is 1. The van der Waals surface area contributed by atoms with Gasteiger partial charge >= 0.3 is 6.03 Å². The van der Waals surface area contributed by atoms with Crippen molar-refractivity contribution in [2.75, 3.05) is 50.7 Å². The van der Waals surface area contributed by atoms with Crippen LogP contribution in [0.15, 0.2) is 53.9 Å². The van der Waals surface area contributed by atoms with Crippen molar-refractivity contribution in [1.82, 2.24) is 25.0 Å². The lowest BCUT2D eigenvalue weighted by molar-refractivity contribution is -0.137. The number of hydrogen-bond donors (Lipinski definition) is 1. The van der Waals surface area contributed by atoms with Crippen molar-refractivity contribution < 1.29 is 14.4 Å². The number of aromatic nitrogens is 1. The van der Waals surface area contributed by atoms with Gasteiger partial charge in [-0.15, -0.1) is 0 Å². The summed E-state index contributed by atoms with van der Waals surface area (Å²) in [6.45, 7) is 4.83. The molecule has 3 aliphatic heterocycles. The van der Waals surface area contributed by atoms with Crippen LogP contribution in [0.2, 0.25) is 10.0 Å². The van der Waals surface area contributed by atoms with Crippen LogP contribution in [0.3, 0.4) is 0 Å². The average molecular weight is 529 g/mol. The maximum absolute atomic E-state index is 13.6. The fourth-order valence-electron chi connectivity index (χ4n) is 4.97. The number of halogens is 2. The summed E-state index contributed by atoms with van der Waals surface area (Å²) in [5.74, 6) is 0.493. The number of anilines is 1. The quantitative estimate of drug-likeness (QED) is 0.644. The van der Waals surface area contributed by atoms with E-state index in [9.17, 15) is 14.4 Å². The summed E-state index contributed by atoms with van der Waals surface area (Å²) in [6, 6.07) is 9.72. The van der Waals surface area contributed by atoms with Crippen LogP contribution in [0.4, 0.5) is 10.6 Å². The Morgan fingerprint density at radius 3 is 2.56 bits per heavy atom. The zero-order chi connectivity index (χ0) is 25.4. The molecule has 1 aromatic heterocycles. The fourth-order valence-corrected chi connectivity index (χ4v) is 5.49. The first-order chi connectivity index (χ1) is 17.4. The van der Waals surface area contributed by atoms with Gasteiger partial charge in [-0.2, -0.15) is 0 Å². The predicted molar refractivity (Wildman–Crippen MR) is 137 cm³/mol. The van der Waals surface area contributed by atoms with E-state index >= 15 is 0 Å². The Balaban J connectivity index is 1.31. The molecule has 1 atom stereocenters. The highest BCUT2D eigenvalue weighted by Gasteiger charge is 2.44. The van der Waals surface area contributed by atoms with Gasteiger partial charge in [-0.3, -0.25) is 14.5 Å². The molecule has 0 unspecified atom stereocenters. The summed E-state index contributed by atoms with van der Waals surface area (Å²) < 4.78 is 0. The van der Waals surface area contributed by atoms with Crippen LogP contribution < -0.4 is 10.2 Å². The van der Waals surface area contributed by atoms with Crippen molar-refractivity contribution in [3.8, 4) is 0 Å². The Bertz CT molecular complexity index is 1230. The molecular weight excluding hydrogens is 503 g/mol. The molecule has 4 heterocycles. The molecule has 2 aromatic rings. The monoisotopic (exact) mass is 528 g/mol. The van der Waals surface area contributed by atoms with E-state index in [4.69, 9.17) is 23.2 Å². The summed E-state index contributed by atoms with van der Waals surface area (Å²) in [7, 11) is 0. The molecule has 0 bridgehead atoms. The lowest BCUT2D eigenvalue weighted by atomic mass is 9.95. The lowest BCUT2D eigenvalue weighted by Gasteiger charge is -2.36. The Morgan fingerprint density at radius 2 is 1.89 bits per heavy atom. The highest BCUT2D eigenvalue weighted by molar-refractivity contribution is 6.35. The van der Waals surface area contributed by atoms with Crippen molar-refractivity contribution in [2.24, 2.45) is 0 Å². The van der Waals surface area contributed by atoms with Gasteiger partial charge in [0.2, 0.25) is 5.91 Å². The zero-order valence-corrected chi connectivity index (χ0v) is 21.3. The van der Waals surface area contributed by atoms with Gasteiger partial charge in [0.1, 0.15) is 12.4 Å². The van der Waals surface area contributed by atoms with Crippen LogP contribution >= 0.6 is 23.2 Å². The van der Waals surface area contributed by atoms with Crippen LogP contribution in [0, 0.1) is 0 Å². The summed E-state index contributed by atoms with van der Waals surface area (Å²) in [4.78, 5) is 50.9. The molecule has 36 heavy (non-hydrogen) atoms. The molecule has 1 saturated heterocycles. The molecule has 0 spiro atoms. The maximum Gasteiger partial charge on any atom is 0.322 e. The Morgan fingerprint density at radius 1 is 1.11 bits per heavy atom. The number of hydrogen-bond acceptors (Lipinski definition) is 5. The molecule has 188 valence electrons. The van der Waals surface area contributed by atoms with Gasteiger partial charge < -0.3 is 20.0 Å². The van der Waals surface area contributed by atoms with E-state index in [1.165, 1.54) is 4.90 Å². The molecule has 1 fully saturated rings. The van der Waals surface area contributed by atoms with Crippen molar-refractivity contribution in [2.45, 2.75) is 13.0 Å². The van der Waals surface area contributed by atoms with E-state index in [1.54, 1.807) is 34.2 Å². The minimum atomic E-state index is -0.713. The predicted octanol–water partition coefficient (Wildman–Crippen LogP) is 2.92. The Kier molecular flexibility index (Phi) is 6.77. The first-order valence-corrected chi connectivity index (χ1v) is 12.6. The number of piperazine rings is 1. The van der Waals surface area contributed by atoms with Crippen LogP contribution in [-0.2, 0) is 9.59 Å². The van der Waals surface area contributed by atoms with E-state index in [-0.39, 0.29) is 30.9 Å². The number of nitrogens with zero attached hydrogens (tertiary/aromatic N) is 5. The number of benzene rings is 1. The van der Waals surface area contributed by atoms with Crippen molar-refractivity contribution in [1.29, 1.82) is 0 Å². The van der Waals surface area contributed by atoms with E-state index in [2.05, 4.69) is 15.2 Å². The SMILES string of the molecule is CCN1C(=O)N[C@H](c2ccc(Cl)cc2Cl)C2=C1CN(CC(=O)N1CCN(c3ccccn3)CC1)C2=O. The van der Waals surface area contributed by atoms with Gasteiger partial charge in [0.25, 0.3) is 5.91 Å². The molecule has 5 rings (SSSR count). The number of carbonyl (C=O) groups is 3. The van der Waals surface area contributed by atoms with Crippen molar-refractivity contribution >= 4 is 46.9 Å². The first-order valence-electron chi connectivity index (χ1n) is 11.9. The summed E-state index contributed by atoms with van der Waals surface area (Å²) >= 11 is 12.5. The number of nitrogens with one attached hydrogen (secondary N) is 1. The second-order valence-corrected chi connectivity index (χ2v) is 9.71. The summed E-state index contributed by atoms with van der Waals surface area (Å²) in [5.41, 5.74) is 1.63. The molecule has 11 heteroatoms. The van der Waals surface area contributed by atoms with Gasteiger partial charge in [0.15, 0.2) is 0 Å². The molecular formula is C25H26Cl2N6O3. The van der Waals surface area contributed by atoms with Crippen LogP contribution in [0.25, 0.3) is 0 Å². The number of likely N-dealkylation sites (N-methyl/N-ethyl adjacent to an activating group) is 1. The van der Waals surface area contributed by atoms with Gasteiger partial charge in [0.05, 0.1) is 23.9 Å². The third-order valence-corrected chi connectivity index (χ3v) is 7.38. The highest BCUT2D eigenvalue weighted by Crippen LogP contribution is 2.39. The first kappa shape index (κ1) is 24.4. The van der Waals surface area contributed by atoms with Gasteiger partial charge in [-0.1, -0.05) is 35.3 Å². The fraction of sp³-hybridized carbons (Fsp3) is 0.360. The van der Waals surface area contributed by atoms with Crippen molar-refractivity contribution in [3.63, 3.8) is 0 Å². The second-order valence-electron chi connectivity index (χ2n) is 8.87. The van der Waals surface area contributed by atoms with E-state index in [0.29, 0.717) is 59.6 Å². The molecule has 0 aliphatic carbocycles. The van der Waals surface area contributed by atoms with Crippen LogP contribution in [-0.4, -0.2) is 83.3 Å². The topological polar surface area (TPSA) is 89.1 Å². The summed E-state index contributed by atoms with van der Waals surface area (Å²) in [6.07, 6.45) is 1.75. The lowest BCUT2D eigenvalue weighted by Crippen LogP contribution is -2.51. The number of amides is 4. The molecule has 0 saturated carbocycles. The van der Waals surface area contributed by atoms with Gasteiger partial charge in [0, 0.05) is 49.0 Å². The number of rotatable bonds is 5. The Labute approximate surface area is 219 Å². The summed E-state index contributed by atoms with van der Waals surface area (Å²) in [5, 5.41) is 3.72. The maximum atomic E-state index is 13.6. The van der Waals surface area contributed by atoms with Crippen molar-refractivity contribution in [3.05, 3.63) is 69.5 Å². The normalized spacial score (nSPS) is 20.1. The molecule has 4 amide bonds. The third-order valence-electron chi connectivity index (χ3n) is 6.82. The molecule has 3 aliphatic rings. The smallest absolute Gasteiger partial charge is 0.322 e. The van der Waals surface area contributed by atoms with Gasteiger partial charge in [-0.25, -0.2) is 9.78 Å². The zero-order valence-electron chi connectivity index (χ0n) is 19.8. The minimum Gasteiger partial charge on any atom is -0.353 e. The molecule has 1 aromatic carbocycles. The molecule has 1 N–H and O–H groups in total. The van der Waals surface area contributed by atoms with Crippen LogP contribution in [0.5, 0.6) is 0 Å². The number of urea groups is 1. The van der Waals surface area contributed by atoms with E-state index < -0.39 is 6.04 Å². The van der Waals surface area contributed by atoms with Gasteiger partial charge in [-0.05, 0) is 36.8 Å².